The van der Waals surface area contributed by atoms with Gasteiger partial charge in [-0.1, -0.05) is 30.3 Å². The summed E-state index contributed by atoms with van der Waals surface area (Å²) in [6.07, 6.45) is 0.167. The Morgan fingerprint density at radius 2 is 1.70 bits per heavy atom. The van der Waals surface area contributed by atoms with Gasteiger partial charge in [0, 0.05) is 17.3 Å². The maximum absolute atomic E-state index is 6.35. The largest absolute Gasteiger partial charge is 0.495 e. The number of hydrogen-bond acceptors (Lipinski definition) is 4. The van der Waals surface area contributed by atoms with Crippen molar-refractivity contribution < 1.29 is 9.15 Å². The van der Waals surface area contributed by atoms with Crippen molar-refractivity contribution in [3.63, 3.8) is 0 Å². The summed E-state index contributed by atoms with van der Waals surface area (Å²) in [5.41, 5.74) is 5.22. The van der Waals surface area contributed by atoms with Crippen LogP contribution in [0.1, 0.15) is 13.8 Å². The Bertz CT molecular complexity index is 1150. The Hall–Kier alpha value is -3.14. The number of methoxy groups -OCH3 is 1. The molecule has 4 heteroatoms. The summed E-state index contributed by atoms with van der Waals surface area (Å²) in [4.78, 5) is 4.73. The van der Waals surface area contributed by atoms with Crippen LogP contribution in [0.3, 0.4) is 0 Å². The zero-order valence-corrected chi connectivity index (χ0v) is 15.8. The molecule has 0 amide bonds. The van der Waals surface area contributed by atoms with Crippen molar-refractivity contribution >= 4 is 39.0 Å². The summed E-state index contributed by atoms with van der Waals surface area (Å²) >= 11 is 0. The van der Waals surface area contributed by atoms with Crippen LogP contribution in [0.4, 0.5) is 17.1 Å². The second-order valence-corrected chi connectivity index (χ2v) is 6.87. The van der Waals surface area contributed by atoms with E-state index in [2.05, 4.69) is 60.0 Å². The average Bonchev–Trinajstić information content (AvgIpc) is 3.22. The van der Waals surface area contributed by atoms with Gasteiger partial charge in [0.15, 0.2) is 5.58 Å². The van der Waals surface area contributed by atoms with Crippen molar-refractivity contribution in [2.75, 3.05) is 23.5 Å². The van der Waals surface area contributed by atoms with Gasteiger partial charge in [0.05, 0.1) is 18.5 Å². The topological polar surface area (TPSA) is 28.9 Å². The fraction of sp³-hybridized carbons (Fsp3) is 0.217. The number of rotatable bonds is 3. The first kappa shape index (κ1) is 16.1. The number of benzene rings is 3. The van der Waals surface area contributed by atoms with E-state index < -0.39 is 0 Å². The molecular formula is C23H22N2O2. The van der Waals surface area contributed by atoms with Gasteiger partial charge in [0.1, 0.15) is 23.2 Å². The van der Waals surface area contributed by atoms with Gasteiger partial charge in [-0.05, 0) is 44.2 Å². The van der Waals surface area contributed by atoms with Crippen LogP contribution in [0.25, 0.3) is 21.9 Å². The van der Waals surface area contributed by atoms with Crippen LogP contribution in [0, 0.1) is 0 Å². The van der Waals surface area contributed by atoms with Crippen LogP contribution < -0.4 is 14.5 Å². The van der Waals surface area contributed by atoms with Gasteiger partial charge >= 0.3 is 0 Å². The molecule has 0 saturated heterocycles. The third-order valence-electron chi connectivity index (χ3n) is 5.56. The molecule has 4 aromatic rings. The Morgan fingerprint density at radius 1 is 0.926 bits per heavy atom. The van der Waals surface area contributed by atoms with Crippen molar-refractivity contribution in [3.05, 3.63) is 60.7 Å². The highest BCUT2D eigenvalue weighted by Crippen LogP contribution is 2.51. The molecule has 2 heterocycles. The van der Waals surface area contributed by atoms with Gasteiger partial charge in [0.25, 0.3) is 0 Å². The summed E-state index contributed by atoms with van der Waals surface area (Å²) in [5, 5.41) is 2.30. The highest BCUT2D eigenvalue weighted by molar-refractivity contribution is 6.13. The number of hydrogen-bond donors (Lipinski definition) is 0. The van der Waals surface area contributed by atoms with E-state index in [-0.39, 0.29) is 6.17 Å². The zero-order chi connectivity index (χ0) is 18.5. The predicted molar refractivity (Wildman–Crippen MR) is 111 cm³/mol. The summed E-state index contributed by atoms with van der Waals surface area (Å²) in [6, 6.07) is 20.8. The first-order chi connectivity index (χ1) is 13.2. The lowest BCUT2D eigenvalue weighted by Crippen LogP contribution is -2.38. The maximum Gasteiger partial charge on any atom is 0.161 e. The highest BCUT2D eigenvalue weighted by atomic mass is 16.5. The summed E-state index contributed by atoms with van der Waals surface area (Å²) in [6.45, 7) is 5.34. The fourth-order valence-corrected chi connectivity index (χ4v) is 4.34. The van der Waals surface area contributed by atoms with E-state index in [4.69, 9.17) is 9.15 Å². The SMILES string of the molecule is CCN1c2ccc3c(oc4ccccc43)c2N(c2ccccc2OC)[C@H]1C. The molecule has 1 aliphatic heterocycles. The Kier molecular flexibility index (Phi) is 3.54. The molecule has 1 aromatic heterocycles. The second-order valence-electron chi connectivity index (χ2n) is 6.87. The second kappa shape index (κ2) is 5.95. The van der Waals surface area contributed by atoms with Crippen LogP contribution in [0.15, 0.2) is 65.1 Å². The smallest absolute Gasteiger partial charge is 0.161 e. The van der Waals surface area contributed by atoms with E-state index in [1.54, 1.807) is 7.11 Å². The molecular weight excluding hydrogens is 336 g/mol. The maximum atomic E-state index is 6.35. The van der Waals surface area contributed by atoms with E-state index >= 15 is 0 Å². The molecule has 4 nitrogen and oxygen atoms in total. The Balaban J connectivity index is 1.85. The molecule has 0 aliphatic carbocycles. The number of fused-ring (bicyclic) bond motifs is 5. The summed E-state index contributed by atoms with van der Waals surface area (Å²) in [7, 11) is 1.72. The summed E-state index contributed by atoms with van der Waals surface area (Å²) < 4.78 is 12.0. The van der Waals surface area contributed by atoms with Crippen molar-refractivity contribution in [2.24, 2.45) is 0 Å². The van der Waals surface area contributed by atoms with Crippen LogP contribution >= 0.6 is 0 Å². The lowest BCUT2D eigenvalue weighted by atomic mass is 10.1. The monoisotopic (exact) mass is 358 g/mol. The molecule has 0 radical (unpaired) electrons. The van der Waals surface area contributed by atoms with E-state index in [9.17, 15) is 0 Å². The lowest BCUT2D eigenvalue weighted by molar-refractivity contribution is 0.414. The third kappa shape index (κ3) is 2.16. The third-order valence-corrected chi connectivity index (χ3v) is 5.56. The van der Waals surface area contributed by atoms with Crippen molar-refractivity contribution in [2.45, 2.75) is 20.0 Å². The first-order valence-corrected chi connectivity index (χ1v) is 9.37. The van der Waals surface area contributed by atoms with Crippen LogP contribution in [0.5, 0.6) is 5.75 Å². The molecule has 0 saturated carbocycles. The number of furan rings is 1. The average molecular weight is 358 g/mol. The van der Waals surface area contributed by atoms with Gasteiger partial charge in [-0.25, -0.2) is 0 Å². The van der Waals surface area contributed by atoms with E-state index in [0.29, 0.717) is 0 Å². The van der Waals surface area contributed by atoms with Gasteiger partial charge in [0.2, 0.25) is 0 Å². The lowest BCUT2D eigenvalue weighted by Gasteiger charge is -2.30. The standard InChI is InChI=1S/C23H22N2O2/c1-4-24-15(2)25(18-10-6-8-12-21(18)26-3)22-19(24)14-13-17-16-9-5-7-11-20(16)27-23(17)22/h5-15H,4H2,1-3H3/t15-/m0/s1. The van der Waals surface area contributed by atoms with E-state index in [1.807, 2.05) is 24.3 Å². The molecule has 0 N–H and O–H groups in total. The van der Waals surface area contributed by atoms with Crippen LogP contribution in [0.2, 0.25) is 0 Å². The molecule has 1 aliphatic rings. The Labute approximate surface area is 158 Å². The molecule has 5 rings (SSSR count). The van der Waals surface area contributed by atoms with Gasteiger partial charge < -0.3 is 19.0 Å². The van der Waals surface area contributed by atoms with Gasteiger partial charge in [-0.3, -0.25) is 0 Å². The van der Waals surface area contributed by atoms with Crippen molar-refractivity contribution in [3.8, 4) is 5.75 Å². The fourth-order valence-electron chi connectivity index (χ4n) is 4.34. The minimum Gasteiger partial charge on any atom is -0.495 e. The molecule has 27 heavy (non-hydrogen) atoms. The molecule has 3 aromatic carbocycles. The molecule has 136 valence electrons. The number of nitrogens with zero attached hydrogens (tertiary/aromatic N) is 2. The minimum absolute atomic E-state index is 0.167. The Morgan fingerprint density at radius 3 is 2.52 bits per heavy atom. The van der Waals surface area contributed by atoms with Crippen molar-refractivity contribution in [1.29, 1.82) is 0 Å². The molecule has 0 spiro atoms. The summed E-state index contributed by atoms with van der Waals surface area (Å²) in [5.74, 6) is 0.862. The zero-order valence-electron chi connectivity index (χ0n) is 15.8. The number of ether oxygens (including phenoxy) is 1. The molecule has 0 unspecified atom stereocenters. The van der Waals surface area contributed by atoms with Crippen LogP contribution in [-0.2, 0) is 0 Å². The minimum atomic E-state index is 0.167. The van der Waals surface area contributed by atoms with Gasteiger partial charge in [-0.15, -0.1) is 0 Å². The van der Waals surface area contributed by atoms with Gasteiger partial charge in [-0.2, -0.15) is 0 Å². The first-order valence-electron chi connectivity index (χ1n) is 9.37. The number of anilines is 3. The molecule has 0 fully saturated rings. The highest BCUT2D eigenvalue weighted by Gasteiger charge is 2.37. The molecule has 1 atom stereocenters. The molecule has 0 bridgehead atoms. The quantitative estimate of drug-likeness (QED) is 0.455. The van der Waals surface area contributed by atoms with Crippen LogP contribution in [-0.4, -0.2) is 19.8 Å². The number of para-hydroxylation sites is 3. The van der Waals surface area contributed by atoms with E-state index in [1.165, 1.54) is 5.69 Å². The predicted octanol–water partition coefficient (Wildman–Crippen LogP) is 5.92. The normalized spacial score (nSPS) is 16.3. The van der Waals surface area contributed by atoms with E-state index in [0.717, 1.165) is 45.6 Å². The van der Waals surface area contributed by atoms with Crippen molar-refractivity contribution in [1.82, 2.24) is 0 Å².